The van der Waals surface area contributed by atoms with Crippen LogP contribution in [0.15, 0.2) is 48.5 Å². The average molecular weight is 339 g/mol. The largest absolute Gasteiger partial charge is 0.452 e. The number of benzene rings is 2. The van der Waals surface area contributed by atoms with Crippen molar-refractivity contribution in [3.05, 3.63) is 65.2 Å². The summed E-state index contributed by atoms with van der Waals surface area (Å²) in [5, 5.41) is 2.66. The Morgan fingerprint density at radius 3 is 2.16 bits per heavy atom. The molecule has 2 aromatic carbocycles. The van der Waals surface area contributed by atoms with E-state index in [9.17, 15) is 14.4 Å². The Labute approximate surface area is 147 Å². The minimum atomic E-state index is -0.912. The Hall–Kier alpha value is -2.95. The van der Waals surface area contributed by atoms with Gasteiger partial charge in [-0.25, -0.2) is 0 Å². The third kappa shape index (κ3) is 5.57. The number of ketones is 1. The maximum Gasteiger partial charge on any atom is 0.311 e. The number of carbonyl (C=O) groups excluding carboxylic acids is 3. The highest BCUT2D eigenvalue weighted by molar-refractivity contribution is 5.97. The molecular weight excluding hydrogens is 318 g/mol. The maximum absolute atomic E-state index is 12.1. The first-order valence-electron chi connectivity index (χ1n) is 8.02. The zero-order chi connectivity index (χ0) is 18.4. The molecule has 0 bridgehead atoms. The molecule has 0 aliphatic rings. The lowest BCUT2D eigenvalue weighted by Crippen LogP contribution is -2.30. The van der Waals surface area contributed by atoms with E-state index in [-0.39, 0.29) is 12.2 Å². The molecule has 5 nitrogen and oxygen atoms in total. The Morgan fingerprint density at radius 1 is 1.00 bits per heavy atom. The zero-order valence-corrected chi connectivity index (χ0v) is 14.5. The zero-order valence-electron chi connectivity index (χ0n) is 14.5. The number of rotatable bonds is 6. The van der Waals surface area contributed by atoms with Crippen LogP contribution in [0.2, 0.25) is 0 Å². The van der Waals surface area contributed by atoms with Crippen LogP contribution in [0.5, 0.6) is 0 Å². The van der Waals surface area contributed by atoms with Crippen molar-refractivity contribution < 1.29 is 19.1 Å². The molecule has 0 spiro atoms. The number of anilines is 1. The number of amides is 1. The smallest absolute Gasteiger partial charge is 0.311 e. The summed E-state index contributed by atoms with van der Waals surface area (Å²) >= 11 is 0. The Kier molecular flexibility index (Phi) is 6.06. The predicted molar refractivity (Wildman–Crippen MR) is 95.5 cm³/mol. The van der Waals surface area contributed by atoms with Crippen molar-refractivity contribution >= 4 is 23.3 Å². The second kappa shape index (κ2) is 8.24. The average Bonchev–Trinajstić information content (AvgIpc) is 2.57. The van der Waals surface area contributed by atoms with Crippen LogP contribution in [0.1, 0.15) is 35.3 Å². The van der Waals surface area contributed by atoms with Gasteiger partial charge >= 0.3 is 5.97 Å². The van der Waals surface area contributed by atoms with Gasteiger partial charge < -0.3 is 10.1 Å². The van der Waals surface area contributed by atoms with Gasteiger partial charge in [0.1, 0.15) is 0 Å². The highest BCUT2D eigenvalue weighted by Crippen LogP contribution is 2.11. The normalized spacial score (nSPS) is 11.5. The van der Waals surface area contributed by atoms with E-state index >= 15 is 0 Å². The van der Waals surface area contributed by atoms with Gasteiger partial charge in [-0.3, -0.25) is 14.4 Å². The van der Waals surface area contributed by atoms with Gasteiger partial charge in [0.2, 0.25) is 0 Å². The quantitative estimate of drug-likeness (QED) is 0.647. The number of hydrogen-bond donors (Lipinski definition) is 1. The lowest BCUT2D eigenvalue weighted by Gasteiger charge is -2.14. The molecule has 0 aliphatic heterocycles. The summed E-state index contributed by atoms with van der Waals surface area (Å²) in [5.41, 5.74) is 3.05. The monoisotopic (exact) mass is 339 g/mol. The van der Waals surface area contributed by atoms with Crippen LogP contribution < -0.4 is 5.32 Å². The molecule has 1 N–H and O–H groups in total. The fourth-order valence-corrected chi connectivity index (χ4v) is 2.20. The number of hydrogen-bond acceptors (Lipinski definition) is 4. The first-order chi connectivity index (χ1) is 11.8. The molecule has 1 atom stereocenters. The fourth-order valence-electron chi connectivity index (χ4n) is 2.20. The third-order valence-corrected chi connectivity index (χ3v) is 3.71. The van der Waals surface area contributed by atoms with Gasteiger partial charge in [0, 0.05) is 11.3 Å². The van der Waals surface area contributed by atoms with Gasteiger partial charge in [-0.15, -0.1) is 0 Å². The van der Waals surface area contributed by atoms with Crippen LogP contribution in [0, 0.1) is 6.92 Å². The standard InChI is InChI=1S/C20H21NO4/c1-13-4-6-16(7-5-13)12-19(23)25-15(3)20(24)21-18-10-8-17(9-11-18)14(2)22/h4-11,15H,12H2,1-3H3,(H,21,24)/t15-/m0/s1. The van der Waals surface area contributed by atoms with Gasteiger partial charge in [0.25, 0.3) is 5.91 Å². The van der Waals surface area contributed by atoms with E-state index in [1.54, 1.807) is 24.3 Å². The van der Waals surface area contributed by atoms with E-state index in [0.29, 0.717) is 11.3 Å². The first-order valence-corrected chi connectivity index (χ1v) is 8.02. The van der Waals surface area contributed by atoms with Crippen LogP contribution >= 0.6 is 0 Å². The molecule has 0 unspecified atom stereocenters. The van der Waals surface area contributed by atoms with Crippen molar-refractivity contribution in [2.75, 3.05) is 5.32 Å². The van der Waals surface area contributed by atoms with E-state index in [1.165, 1.54) is 13.8 Å². The van der Waals surface area contributed by atoms with E-state index < -0.39 is 18.0 Å². The SMILES string of the molecule is CC(=O)c1ccc(NC(=O)[C@H](C)OC(=O)Cc2ccc(C)cc2)cc1. The molecular formula is C20H21NO4. The Balaban J connectivity index is 1.87. The summed E-state index contributed by atoms with van der Waals surface area (Å²) < 4.78 is 5.18. The first kappa shape index (κ1) is 18.4. The molecule has 25 heavy (non-hydrogen) atoms. The summed E-state index contributed by atoms with van der Waals surface area (Å²) in [6.45, 7) is 4.97. The van der Waals surface area contributed by atoms with Crippen LogP contribution in [-0.4, -0.2) is 23.8 Å². The van der Waals surface area contributed by atoms with E-state index in [4.69, 9.17) is 4.74 Å². The molecule has 0 heterocycles. The maximum atomic E-state index is 12.1. The molecule has 0 aromatic heterocycles. The van der Waals surface area contributed by atoms with E-state index in [0.717, 1.165) is 11.1 Å². The second-order valence-electron chi connectivity index (χ2n) is 5.92. The molecule has 0 radical (unpaired) electrons. The Bertz CT molecular complexity index is 763. The molecule has 0 saturated carbocycles. The highest BCUT2D eigenvalue weighted by atomic mass is 16.5. The Morgan fingerprint density at radius 2 is 1.60 bits per heavy atom. The van der Waals surface area contributed by atoms with Crippen molar-refractivity contribution in [3.8, 4) is 0 Å². The highest BCUT2D eigenvalue weighted by Gasteiger charge is 2.18. The van der Waals surface area contributed by atoms with Crippen molar-refractivity contribution in [2.24, 2.45) is 0 Å². The number of nitrogens with one attached hydrogen (secondary N) is 1. The number of aryl methyl sites for hydroxylation is 1. The van der Waals surface area contributed by atoms with Gasteiger partial charge in [0.05, 0.1) is 6.42 Å². The molecule has 2 aromatic rings. The van der Waals surface area contributed by atoms with Gasteiger partial charge in [-0.05, 0) is 50.6 Å². The molecule has 1 amide bonds. The second-order valence-corrected chi connectivity index (χ2v) is 5.92. The van der Waals surface area contributed by atoms with Crippen molar-refractivity contribution in [2.45, 2.75) is 33.3 Å². The van der Waals surface area contributed by atoms with Crippen molar-refractivity contribution in [1.29, 1.82) is 0 Å². The summed E-state index contributed by atoms with van der Waals surface area (Å²) in [7, 11) is 0. The molecule has 130 valence electrons. The van der Waals surface area contributed by atoms with Crippen molar-refractivity contribution in [3.63, 3.8) is 0 Å². The molecule has 0 saturated heterocycles. The lowest BCUT2D eigenvalue weighted by atomic mass is 10.1. The van der Waals surface area contributed by atoms with Gasteiger partial charge in [-0.2, -0.15) is 0 Å². The minimum absolute atomic E-state index is 0.0451. The predicted octanol–water partition coefficient (Wildman–Crippen LogP) is 3.31. The number of ether oxygens (including phenoxy) is 1. The summed E-state index contributed by atoms with van der Waals surface area (Å²) in [5.74, 6) is -0.928. The van der Waals surface area contributed by atoms with Crippen LogP contribution in [0.4, 0.5) is 5.69 Å². The lowest BCUT2D eigenvalue weighted by molar-refractivity contribution is -0.152. The molecule has 0 aliphatic carbocycles. The molecule has 5 heteroatoms. The van der Waals surface area contributed by atoms with Gasteiger partial charge in [-0.1, -0.05) is 29.8 Å². The van der Waals surface area contributed by atoms with Crippen LogP contribution in [-0.2, 0) is 20.7 Å². The summed E-state index contributed by atoms with van der Waals surface area (Å²) in [4.78, 5) is 35.3. The topological polar surface area (TPSA) is 72.5 Å². The van der Waals surface area contributed by atoms with Crippen molar-refractivity contribution in [1.82, 2.24) is 0 Å². The molecule has 2 rings (SSSR count). The fraction of sp³-hybridized carbons (Fsp3) is 0.250. The number of carbonyl (C=O) groups is 3. The minimum Gasteiger partial charge on any atom is -0.452 e. The van der Waals surface area contributed by atoms with E-state index in [1.807, 2.05) is 31.2 Å². The molecule has 0 fully saturated rings. The number of Topliss-reactive ketones (excluding diaryl/α,β-unsaturated/α-hetero) is 1. The van der Waals surface area contributed by atoms with Crippen LogP contribution in [0.3, 0.4) is 0 Å². The van der Waals surface area contributed by atoms with Gasteiger partial charge in [0.15, 0.2) is 11.9 Å². The van der Waals surface area contributed by atoms with Crippen LogP contribution in [0.25, 0.3) is 0 Å². The summed E-state index contributed by atoms with van der Waals surface area (Å²) in [6.07, 6.45) is -0.795. The number of esters is 1. The van der Waals surface area contributed by atoms with E-state index in [2.05, 4.69) is 5.32 Å². The summed E-state index contributed by atoms with van der Waals surface area (Å²) in [6, 6.07) is 14.1. The third-order valence-electron chi connectivity index (χ3n) is 3.71.